The second kappa shape index (κ2) is 14.2. The summed E-state index contributed by atoms with van der Waals surface area (Å²) in [6, 6.07) is 11.8. The van der Waals surface area contributed by atoms with E-state index in [1.165, 1.54) is 60.9 Å². The van der Waals surface area contributed by atoms with E-state index in [9.17, 15) is 9.59 Å². The molecule has 5 rings (SSSR count). The van der Waals surface area contributed by atoms with Gasteiger partial charge in [0.15, 0.2) is 0 Å². The molecule has 3 N–H and O–H groups in total. The number of amides is 2. The van der Waals surface area contributed by atoms with Crippen molar-refractivity contribution in [2.24, 2.45) is 5.73 Å². The van der Waals surface area contributed by atoms with Gasteiger partial charge in [0, 0.05) is 43.2 Å². The number of aromatic amines is 1. The number of benzene rings is 2. The highest BCUT2D eigenvalue weighted by atomic mass is 16.2. The van der Waals surface area contributed by atoms with E-state index in [0.29, 0.717) is 6.04 Å². The van der Waals surface area contributed by atoms with Crippen LogP contribution in [0.4, 0.5) is 0 Å². The first-order valence-corrected chi connectivity index (χ1v) is 16.6. The molecule has 3 aromatic rings. The van der Waals surface area contributed by atoms with Gasteiger partial charge in [-0.3, -0.25) is 19.4 Å². The number of aryl methyl sites for hydroxylation is 2. The van der Waals surface area contributed by atoms with Gasteiger partial charge in [-0.15, -0.1) is 0 Å². The summed E-state index contributed by atoms with van der Waals surface area (Å²) in [6.07, 6.45) is 10.7. The Morgan fingerprint density at radius 3 is 2.21 bits per heavy atom. The molecule has 0 saturated carbocycles. The summed E-state index contributed by atoms with van der Waals surface area (Å²) in [5.74, 6) is -0.433. The van der Waals surface area contributed by atoms with Gasteiger partial charge >= 0.3 is 0 Å². The lowest BCUT2D eigenvalue weighted by molar-refractivity contribution is -0.149. The number of aromatic nitrogens is 1. The quantitative estimate of drug-likeness (QED) is 0.317. The fourth-order valence-electron chi connectivity index (χ4n) is 7.62. The molecule has 0 spiro atoms. The molecule has 7 heteroatoms. The fourth-order valence-corrected chi connectivity index (χ4v) is 7.62. The van der Waals surface area contributed by atoms with E-state index in [2.05, 4.69) is 53.8 Å². The van der Waals surface area contributed by atoms with Gasteiger partial charge in [0.05, 0.1) is 12.6 Å². The van der Waals surface area contributed by atoms with Crippen LogP contribution in [0.2, 0.25) is 0 Å². The smallest absolute Gasteiger partial charge is 0.248 e. The van der Waals surface area contributed by atoms with Crippen molar-refractivity contribution in [1.82, 2.24) is 19.7 Å². The molecule has 2 aliphatic heterocycles. The van der Waals surface area contributed by atoms with Crippen LogP contribution in [-0.4, -0.2) is 69.8 Å². The highest BCUT2D eigenvalue weighted by Gasteiger charge is 2.40. The first kappa shape index (κ1) is 31.4. The predicted octanol–water partition coefficient (Wildman–Crippen LogP) is 5.75. The van der Waals surface area contributed by atoms with Crippen LogP contribution in [0.1, 0.15) is 93.7 Å². The number of hydrogen-bond acceptors (Lipinski definition) is 5. The lowest BCUT2D eigenvalue weighted by Crippen LogP contribution is -2.58. The van der Waals surface area contributed by atoms with E-state index < -0.39 is 12.1 Å². The average molecular weight is 586 g/mol. The van der Waals surface area contributed by atoms with E-state index in [4.69, 9.17) is 5.73 Å². The van der Waals surface area contributed by atoms with Crippen LogP contribution in [0.25, 0.3) is 10.9 Å². The van der Waals surface area contributed by atoms with Crippen molar-refractivity contribution in [3.63, 3.8) is 0 Å². The number of nitrogens with one attached hydrogen (secondary N) is 1. The van der Waals surface area contributed by atoms with Crippen LogP contribution in [0.15, 0.2) is 42.6 Å². The van der Waals surface area contributed by atoms with E-state index >= 15 is 0 Å². The second-order valence-corrected chi connectivity index (χ2v) is 12.5. The summed E-state index contributed by atoms with van der Waals surface area (Å²) in [6.45, 7) is 12.3. The highest BCUT2D eigenvalue weighted by Crippen LogP contribution is 2.31. The summed E-state index contributed by atoms with van der Waals surface area (Å²) in [5.41, 5.74) is 14.0. The maximum absolute atomic E-state index is 14.6. The minimum Gasteiger partial charge on any atom is -0.361 e. The average Bonchev–Trinajstić information content (AvgIpc) is 3.48. The highest BCUT2D eigenvalue weighted by molar-refractivity contribution is 5.98. The molecule has 0 bridgehead atoms. The molecule has 3 heterocycles. The molecule has 2 saturated heterocycles. The number of piperidine rings is 2. The zero-order valence-corrected chi connectivity index (χ0v) is 26.7. The molecule has 43 heavy (non-hydrogen) atoms. The van der Waals surface area contributed by atoms with Gasteiger partial charge in [-0.05, 0) is 91.9 Å². The molecule has 2 fully saturated rings. The number of likely N-dealkylation sites (tertiary alicyclic amines) is 2. The van der Waals surface area contributed by atoms with E-state index in [0.717, 1.165) is 67.2 Å². The zero-order valence-electron chi connectivity index (χ0n) is 26.7. The van der Waals surface area contributed by atoms with Crippen molar-refractivity contribution in [3.8, 4) is 0 Å². The van der Waals surface area contributed by atoms with Crippen LogP contribution < -0.4 is 5.73 Å². The number of imide groups is 1. The van der Waals surface area contributed by atoms with Crippen molar-refractivity contribution in [1.29, 1.82) is 0 Å². The van der Waals surface area contributed by atoms with Crippen molar-refractivity contribution < 1.29 is 9.59 Å². The number of carbonyl (C=O) groups excluding carboxylic acids is 2. The molecule has 7 nitrogen and oxygen atoms in total. The molecule has 0 aliphatic carbocycles. The fraction of sp³-hybridized carbons (Fsp3) is 0.556. The van der Waals surface area contributed by atoms with Gasteiger partial charge in [-0.1, -0.05) is 57.5 Å². The Morgan fingerprint density at radius 1 is 0.953 bits per heavy atom. The first-order valence-electron chi connectivity index (χ1n) is 16.6. The van der Waals surface area contributed by atoms with Crippen LogP contribution >= 0.6 is 0 Å². The third-order valence-electron chi connectivity index (χ3n) is 9.97. The van der Waals surface area contributed by atoms with Crippen molar-refractivity contribution in [2.45, 2.75) is 104 Å². The van der Waals surface area contributed by atoms with Crippen LogP contribution in [0.5, 0.6) is 0 Å². The van der Waals surface area contributed by atoms with Gasteiger partial charge in [-0.25, -0.2) is 0 Å². The number of carbonyl (C=O) groups is 2. The number of hydrogen-bond donors (Lipinski definition) is 2. The second-order valence-electron chi connectivity index (χ2n) is 12.5. The van der Waals surface area contributed by atoms with E-state index in [1.807, 2.05) is 24.4 Å². The molecule has 2 atom stereocenters. The van der Waals surface area contributed by atoms with Crippen molar-refractivity contribution in [2.75, 3.05) is 26.2 Å². The maximum Gasteiger partial charge on any atom is 0.248 e. The SMILES string of the molecule is CCc1cc(CN(C(C)=O)C(=O)C(C(N)c2c[nH]c3ccccc23)N2CCC(N3CCCCC3)CC2)cc(CC)c1CC. The molecule has 1 aromatic heterocycles. The van der Waals surface area contributed by atoms with Crippen molar-refractivity contribution >= 4 is 22.7 Å². The summed E-state index contributed by atoms with van der Waals surface area (Å²) >= 11 is 0. The Balaban J connectivity index is 1.46. The predicted molar refractivity (Wildman–Crippen MR) is 175 cm³/mol. The van der Waals surface area contributed by atoms with E-state index in [1.54, 1.807) is 0 Å². The Hall–Kier alpha value is -3.00. The van der Waals surface area contributed by atoms with Crippen molar-refractivity contribution in [3.05, 3.63) is 70.4 Å². The Bertz CT molecular complexity index is 1370. The third kappa shape index (κ3) is 6.74. The Kier molecular flexibility index (Phi) is 10.4. The molecule has 2 unspecified atom stereocenters. The number of rotatable bonds is 10. The molecular weight excluding hydrogens is 534 g/mol. The molecule has 2 aliphatic rings. The monoisotopic (exact) mass is 585 g/mol. The van der Waals surface area contributed by atoms with Gasteiger partial charge in [0.2, 0.25) is 11.8 Å². The zero-order chi connectivity index (χ0) is 30.5. The van der Waals surface area contributed by atoms with Crippen LogP contribution in [0.3, 0.4) is 0 Å². The molecule has 2 amide bonds. The lowest BCUT2D eigenvalue weighted by Gasteiger charge is -2.44. The maximum atomic E-state index is 14.6. The van der Waals surface area contributed by atoms with Gasteiger partial charge < -0.3 is 15.6 Å². The summed E-state index contributed by atoms with van der Waals surface area (Å²) in [7, 11) is 0. The largest absolute Gasteiger partial charge is 0.361 e. The van der Waals surface area contributed by atoms with Crippen LogP contribution in [0, 0.1) is 0 Å². The minimum atomic E-state index is -0.628. The summed E-state index contributed by atoms with van der Waals surface area (Å²) in [4.78, 5) is 37.6. The lowest BCUT2D eigenvalue weighted by atomic mass is 9.92. The van der Waals surface area contributed by atoms with Gasteiger partial charge in [0.25, 0.3) is 0 Å². The standard InChI is InChI=1S/C36H51N5O2/c1-5-27-21-26(22-28(6-2)30(27)7-3)24-41(25(4)42)36(43)35(34(37)32-23-38-33-14-10-9-13-31(32)33)40-19-15-29(16-20-40)39-17-11-8-12-18-39/h9-10,13-14,21-23,29,34-35,38H,5-8,11-12,15-20,24,37H2,1-4H3. The summed E-state index contributed by atoms with van der Waals surface area (Å²) < 4.78 is 0. The Morgan fingerprint density at radius 2 is 1.60 bits per heavy atom. The number of H-pyrrole nitrogens is 1. The molecule has 2 aromatic carbocycles. The molecule has 232 valence electrons. The summed E-state index contributed by atoms with van der Waals surface area (Å²) in [5, 5.41) is 1.03. The number of nitrogens with two attached hydrogens (primary N) is 1. The third-order valence-corrected chi connectivity index (χ3v) is 9.97. The first-order chi connectivity index (χ1) is 20.9. The van der Waals surface area contributed by atoms with Gasteiger partial charge in [0.1, 0.15) is 6.04 Å². The molecule has 0 radical (unpaired) electrons. The number of para-hydroxylation sites is 1. The van der Waals surface area contributed by atoms with Gasteiger partial charge in [-0.2, -0.15) is 0 Å². The Labute approximate surface area is 257 Å². The van der Waals surface area contributed by atoms with Crippen LogP contribution in [-0.2, 0) is 35.4 Å². The number of fused-ring (bicyclic) bond motifs is 1. The minimum absolute atomic E-state index is 0.197. The topological polar surface area (TPSA) is 85.7 Å². The normalized spacial score (nSPS) is 18.5. The molecular formula is C36H51N5O2. The van der Waals surface area contributed by atoms with E-state index in [-0.39, 0.29) is 18.4 Å². The number of nitrogens with zero attached hydrogens (tertiary/aromatic N) is 3.